The van der Waals surface area contributed by atoms with Crippen LogP contribution in [0.2, 0.25) is 0 Å². The Bertz CT molecular complexity index is 1020. The van der Waals surface area contributed by atoms with Crippen molar-refractivity contribution >= 4 is 11.8 Å². The number of rotatable bonds is 4. The van der Waals surface area contributed by atoms with Crippen molar-refractivity contribution in [3.63, 3.8) is 0 Å². The van der Waals surface area contributed by atoms with Crippen molar-refractivity contribution in [1.29, 1.82) is 0 Å². The number of carbonyl (C=O) groups excluding carboxylic acids is 2. The van der Waals surface area contributed by atoms with Gasteiger partial charge < -0.3 is 9.32 Å². The number of benzene rings is 1. The minimum atomic E-state index is -0.203. The number of nitrogens with zero attached hydrogens (tertiary/aromatic N) is 6. The summed E-state index contributed by atoms with van der Waals surface area (Å²) >= 11 is 0. The molecule has 0 N–H and O–H groups in total. The molecule has 150 valence electrons. The molecule has 1 amide bonds. The van der Waals surface area contributed by atoms with Gasteiger partial charge in [0.15, 0.2) is 5.78 Å². The molecular weight excluding hydrogens is 372 g/mol. The van der Waals surface area contributed by atoms with Crippen molar-refractivity contribution in [3.05, 3.63) is 53.7 Å². The van der Waals surface area contributed by atoms with Gasteiger partial charge in [-0.1, -0.05) is 12.1 Å². The summed E-state index contributed by atoms with van der Waals surface area (Å²) in [6, 6.07) is 7.59. The summed E-state index contributed by atoms with van der Waals surface area (Å²) in [5.74, 6) is 0.364. The molecule has 0 unspecified atom stereocenters. The Morgan fingerprint density at radius 1 is 1.14 bits per heavy atom. The number of aromatic nitrogens is 4. The van der Waals surface area contributed by atoms with E-state index in [1.165, 1.54) is 24.2 Å². The third-order valence-corrected chi connectivity index (χ3v) is 5.09. The monoisotopic (exact) mass is 394 g/mol. The number of hydrogen-bond acceptors (Lipinski definition) is 7. The molecule has 0 spiro atoms. The van der Waals surface area contributed by atoms with E-state index in [4.69, 9.17) is 4.42 Å². The summed E-state index contributed by atoms with van der Waals surface area (Å²) in [4.78, 5) is 28.0. The molecule has 0 bridgehead atoms. The topological polar surface area (TPSA) is 97.4 Å². The van der Waals surface area contributed by atoms with E-state index in [0.717, 1.165) is 36.3 Å². The Labute approximate surface area is 167 Å². The molecule has 9 heteroatoms. The van der Waals surface area contributed by atoms with Crippen LogP contribution in [0.3, 0.4) is 0 Å². The molecule has 1 saturated heterocycles. The third kappa shape index (κ3) is 4.09. The van der Waals surface area contributed by atoms with Gasteiger partial charge in [-0.2, -0.15) is 9.78 Å². The molecule has 29 heavy (non-hydrogen) atoms. The lowest BCUT2D eigenvalue weighted by Crippen LogP contribution is -2.49. The number of amides is 1. The Balaban J connectivity index is 1.37. The van der Waals surface area contributed by atoms with E-state index < -0.39 is 0 Å². The van der Waals surface area contributed by atoms with Gasteiger partial charge in [0, 0.05) is 51.4 Å². The standard InChI is InChI=1S/C20H22N6O3/c1-14-3-4-16(11-17(14)19-22-21-13-29-19)12-24-7-9-25(10-8-24)20(28)26-6-5-18(23-26)15(2)27/h3-6,11,13H,7-10,12H2,1-2H3. The normalized spacial score (nSPS) is 14.9. The first-order valence-electron chi connectivity index (χ1n) is 9.45. The van der Waals surface area contributed by atoms with Gasteiger partial charge in [-0.15, -0.1) is 10.2 Å². The Morgan fingerprint density at radius 2 is 1.93 bits per heavy atom. The van der Waals surface area contributed by atoms with Gasteiger partial charge in [-0.25, -0.2) is 4.79 Å². The Hall–Kier alpha value is -3.33. The zero-order valence-corrected chi connectivity index (χ0v) is 16.4. The highest BCUT2D eigenvalue weighted by atomic mass is 16.4. The lowest BCUT2D eigenvalue weighted by Gasteiger charge is -2.34. The summed E-state index contributed by atoms with van der Waals surface area (Å²) in [6.07, 6.45) is 2.87. The molecule has 1 aliphatic rings. The number of piperazine rings is 1. The van der Waals surface area contributed by atoms with Crippen molar-refractivity contribution < 1.29 is 14.0 Å². The fraction of sp³-hybridized carbons (Fsp3) is 0.350. The highest BCUT2D eigenvalue weighted by molar-refractivity contribution is 5.92. The van der Waals surface area contributed by atoms with Gasteiger partial charge in [0.2, 0.25) is 12.3 Å². The van der Waals surface area contributed by atoms with Crippen molar-refractivity contribution in [1.82, 2.24) is 29.8 Å². The molecule has 0 atom stereocenters. The Morgan fingerprint density at radius 3 is 2.59 bits per heavy atom. The number of aryl methyl sites for hydroxylation is 1. The van der Waals surface area contributed by atoms with Crippen LogP contribution in [-0.4, -0.2) is 67.8 Å². The molecule has 9 nitrogen and oxygen atoms in total. The smallest absolute Gasteiger partial charge is 0.344 e. The van der Waals surface area contributed by atoms with Crippen LogP contribution in [0.5, 0.6) is 0 Å². The molecular formula is C20H22N6O3. The van der Waals surface area contributed by atoms with Crippen molar-refractivity contribution in [2.45, 2.75) is 20.4 Å². The molecule has 0 aliphatic carbocycles. The first kappa shape index (κ1) is 19.0. The quantitative estimate of drug-likeness (QED) is 0.626. The first-order valence-corrected chi connectivity index (χ1v) is 9.45. The SMILES string of the molecule is CC(=O)c1ccn(C(=O)N2CCN(Cc3ccc(C)c(-c4nnco4)c3)CC2)n1. The predicted octanol–water partition coefficient (Wildman–Crippen LogP) is 2.23. The predicted molar refractivity (Wildman–Crippen MR) is 104 cm³/mol. The summed E-state index contributed by atoms with van der Waals surface area (Å²) in [5.41, 5.74) is 3.47. The van der Waals surface area contributed by atoms with E-state index in [1.807, 2.05) is 6.92 Å². The maximum absolute atomic E-state index is 12.6. The number of carbonyl (C=O) groups is 2. The lowest BCUT2D eigenvalue weighted by atomic mass is 10.0. The van der Waals surface area contributed by atoms with Crippen LogP contribution in [-0.2, 0) is 6.54 Å². The lowest BCUT2D eigenvalue weighted by molar-refractivity contribution is 0.101. The minimum absolute atomic E-state index is 0.153. The van der Waals surface area contributed by atoms with E-state index in [9.17, 15) is 9.59 Å². The van der Waals surface area contributed by atoms with Gasteiger partial charge in [0.25, 0.3) is 0 Å². The van der Waals surface area contributed by atoms with Crippen LogP contribution in [0.15, 0.2) is 41.3 Å². The molecule has 3 heterocycles. The van der Waals surface area contributed by atoms with Crippen LogP contribution in [0, 0.1) is 6.92 Å². The molecule has 0 saturated carbocycles. The fourth-order valence-electron chi connectivity index (χ4n) is 3.41. The zero-order chi connectivity index (χ0) is 20.4. The molecule has 3 aromatic rings. The second-order valence-corrected chi connectivity index (χ2v) is 7.14. The van der Waals surface area contributed by atoms with Gasteiger partial charge >= 0.3 is 6.03 Å². The van der Waals surface area contributed by atoms with Gasteiger partial charge in [0.05, 0.1) is 0 Å². The van der Waals surface area contributed by atoms with Gasteiger partial charge in [-0.05, 0) is 30.2 Å². The van der Waals surface area contributed by atoms with E-state index in [-0.39, 0.29) is 11.8 Å². The van der Waals surface area contributed by atoms with Crippen LogP contribution >= 0.6 is 0 Å². The van der Waals surface area contributed by atoms with Crippen molar-refractivity contribution in [2.75, 3.05) is 26.2 Å². The average Bonchev–Trinajstić information content (AvgIpc) is 3.42. The maximum Gasteiger partial charge on any atom is 0.344 e. The zero-order valence-electron chi connectivity index (χ0n) is 16.4. The van der Waals surface area contributed by atoms with Crippen LogP contribution < -0.4 is 0 Å². The molecule has 2 aromatic heterocycles. The summed E-state index contributed by atoms with van der Waals surface area (Å²) < 4.78 is 6.57. The summed E-state index contributed by atoms with van der Waals surface area (Å²) in [7, 11) is 0. The van der Waals surface area contributed by atoms with Crippen LogP contribution in [0.4, 0.5) is 4.79 Å². The van der Waals surface area contributed by atoms with E-state index in [2.05, 4.69) is 38.4 Å². The minimum Gasteiger partial charge on any atom is -0.423 e. The van der Waals surface area contributed by atoms with E-state index in [0.29, 0.717) is 24.7 Å². The van der Waals surface area contributed by atoms with Crippen molar-refractivity contribution in [2.24, 2.45) is 0 Å². The second-order valence-electron chi connectivity index (χ2n) is 7.14. The molecule has 4 rings (SSSR count). The molecule has 1 aromatic carbocycles. The maximum atomic E-state index is 12.6. The number of hydrogen-bond donors (Lipinski definition) is 0. The third-order valence-electron chi connectivity index (χ3n) is 5.09. The van der Waals surface area contributed by atoms with Crippen LogP contribution in [0.25, 0.3) is 11.5 Å². The molecule has 1 fully saturated rings. The summed E-state index contributed by atoms with van der Waals surface area (Å²) in [5, 5.41) is 11.8. The van der Waals surface area contributed by atoms with E-state index in [1.54, 1.807) is 11.0 Å². The highest BCUT2D eigenvalue weighted by Crippen LogP contribution is 2.23. The first-order chi connectivity index (χ1) is 14.0. The molecule has 1 aliphatic heterocycles. The molecule has 0 radical (unpaired) electrons. The van der Waals surface area contributed by atoms with Gasteiger partial charge in [0.1, 0.15) is 5.69 Å². The summed E-state index contributed by atoms with van der Waals surface area (Å²) in [6.45, 7) is 6.96. The largest absolute Gasteiger partial charge is 0.423 e. The van der Waals surface area contributed by atoms with Crippen LogP contribution in [0.1, 0.15) is 28.5 Å². The fourth-order valence-corrected chi connectivity index (χ4v) is 3.41. The highest BCUT2D eigenvalue weighted by Gasteiger charge is 2.23. The number of ketones is 1. The van der Waals surface area contributed by atoms with Gasteiger partial charge in [-0.3, -0.25) is 9.69 Å². The Kier molecular flexibility index (Phi) is 5.22. The average molecular weight is 394 g/mol. The van der Waals surface area contributed by atoms with E-state index >= 15 is 0 Å². The second kappa shape index (κ2) is 7.96. The van der Waals surface area contributed by atoms with Crippen molar-refractivity contribution in [3.8, 4) is 11.5 Å². The number of Topliss-reactive ketones (excluding diaryl/α,β-unsaturated/α-hetero) is 1.